The number of amides is 2. The third kappa shape index (κ3) is 5.27. The summed E-state index contributed by atoms with van der Waals surface area (Å²) in [7, 11) is 0. The molecule has 0 bridgehead atoms. The summed E-state index contributed by atoms with van der Waals surface area (Å²) in [5.74, 6) is 0.000823. The summed E-state index contributed by atoms with van der Waals surface area (Å²) in [6.07, 6.45) is 5.30. The lowest BCUT2D eigenvalue weighted by Gasteiger charge is -2.29. The van der Waals surface area contributed by atoms with Crippen LogP contribution in [0.1, 0.15) is 46.0 Å². The zero-order valence-corrected chi connectivity index (χ0v) is 13.9. The van der Waals surface area contributed by atoms with Crippen molar-refractivity contribution in [1.29, 1.82) is 0 Å². The third-order valence-electron chi connectivity index (χ3n) is 4.22. The van der Waals surface area contributed by atoms with Gasteiger partial charge in [0, 0.05) is 11.7 Å². The van der Waals surface area contributed by atoms with Gasteiger partial charge >= 0.3 is 11.8 Å². The van der Waals surface area contributed by atoms with Crippen LogP contribution in [0.2, 0.25) is 0 Å². The van der Waals surface area contributed by atoms with E-state index in [1.807, 2.05) is 6.92 Å². The molecule has 2 N–H and O–H groups in total. The molecule has 2 atom stereocenters. The number of rotatable bonds is 5. The van der Waals surface area contributed by atoms with E-state index in [1.165, 1.54) is 6.42 Å². The highest BCUT2D eigenvalue weighted by Gasteiger charge is 2.25. The van der Waals surface area contributed by atoms with Crippen LogP contribution in [0.4, 0.5) is 5.69 Å². The van der Waals surface area contributed by atoms with Crippen LogP contribution in [0.3, 0.4) is 0 Å². The predicted octanol–water partition coefficient (Wildman–Crippen LogP) is 3.11. The van der Waals surface area contributed by atoms with Crippen LogP contribution in [-0.4, -0.2) is 24.5 Å². The Kier molecular flexibility index (Phi) is 6.44. The molecule has 23 heavy (non-hydrogen) atoms. The highest BCUT2D eigenvalue weighted by molar-refractivity contribution is 6.39. The van der Waals surface area contributed by atoms with Gasteiger partial charge in [0.05, 0.1) is 6.61 Å². The molecule has 0 radical (unpaired) electrons. The molecule has 5 nitrogen and oxygen atoms in total. The number of carbonyl (C=O) groups excluding carboxylic acids is 2. The first-order chi connectivity index (χ1) is 11.1. The number of hydrogen-bond acceptors (Lipinski definition) is 3. The summed E-state index contributed by atoms with van der Waals surface area (Å²) in [6, 6.07) is 7.14. The molecule has 0 aromatic heterocycles. The second-order valence-corrected chi connectivity index (χ2v) is 6.17. The standard InChI is InChI=1S/C18H26N2O3/c1-3-12-23-15-10-8-14(9-11-15)19-17(21)18(22)20-16-7-5-4-6-13(16)2/h8-11,13,16H,3-7,12H2,1-2H3,(H,19,21)(H,20,22)/t13-,16-/m0/s1. The molecular weight excluding hydrogens is 292 g/mol. The molecule has 0 heterocycles. The minimum atomic E-state index is -0.620. The minimum absolute atomic E-state index is 0.104. The van der Waals surface area contributed by atoms with Crippen molar-refractivity contribution in [1.82, 2.24) is 5.32 Å². The van der Waals surface area contributed by atoms with Gasteiger partial charge in [0.2, 0.25) is 0 Å². The summed E-state index contributed by atoms with van der Waals surface area (Å²) in [6.45, 7) is 4.82. The maximum atomic E-state index is 12.0. The first-order valence-electron chi connectivity index (χ1n) is 8.45. The van der Waals surface area contributed by atoms with Gasteiger partial charge in [0.25, 0.3) is 0 Å². The number of hydrogen-bond donors (Lipinski definition) is 2. The topological polar surface area (TPSA) is 67.4 Å². The minimum Gasteiger partial charge on any atom is -0.494 e. The predicted molar refractivity (Wildman–Crippen MR) is 90.4 cm³/mol. The van der Waals surface area contributed by atoms with E-state index in [1.54, 1.807) is 24.3 Å². The molecule has 0 aliphatic heterocycles. The summed E-state index contributed by atoms with van der Waals surface area (Å²) < 4.78 is 5.48. The molecule has 0 unspecified atom stereocenters. The summed E-state index contributed by atoms with van der Waals surface area (Å²) in [4.78, 5) is 24.0. The van der Waals surface area contributed by atoms with E-state index in [9.17, 15) is 9.59 Å². The van der Waals surface area contributed by atoms with E-state index < -0.39 is 11.8 Å². The Balaban J connectivity index is 1.84. The summed E-state index contributed by atoms with van der Waals surface area (Å²) in [5.41, 5.74) is 0.589. The van der Waals surface area contributed by atoms with Crippen LogP contribution in [0.25, 0.3) is 0 Å². The lowest BCUT2D eigenvalue weighted by atomic mass is 9.86. The lowest BCUT2D eigenvalue weighted by Crippen LogP contribution is -2.45. The van der Waals surface area contributed by atoms with Crippen LogP contribution in [0.15, 0.2) is 24.3 Å². The smallest absolute Gasteiger partial charge is 0.313 e. The van der Waals surface area contributed by atoms with E-state index in [0.717, 1.165) is 31.4 Å². The van der Waals surface area contributed by atoms with Crippen molar-refractivity contribution in [2.45, 2.75) is 52.0 Å². The van der Waals surface area contributed by atoms with Gasteiger partial charge in [0.1, 0.15) is 5.75 Å². The lowest BCUT2D eigenvalue weighted by molar-refractivity contribution is -0.137. The first-order valence-corrected chi connectivity index (χ1v) is 8.45. The van der Waals surface area contributed by atoms with Crippen molar-refractivity contribution in [3.05, 3.63) is 24.3 Å². The monoisotopic (exact) mass is 318 g/mol. The van der Waals surface area contributed by atoms with Gasteiger partial charge in [-0.3, -0.25) is 9.59 Å². The Morgan fingerprint density at radius 1 is 1.13 bits per heavy atom. The van der Waals surface area contributed by atoms with Crippen molar-refractivity contribution in [2.75, 3.05) is 11.9 Å². The SMILES string of the molecule is CCCOc1ccc(NC(=O)C(=O)N[C@H]2CCCC[C@@H]2C)cc1. The molecule has 5 heteroatoms. The Morgan fingerprint density at radius 3 is 2.48 bits per heavy atom. The van der Waals surface area contributed by atoms with Crippen LogP contribution < -0.4 is 15.4 Å². The fraction of sp³-hybridized carbons (Fsp3) is 0.556. The Morgan fingerprint density at radius 2 is 1.83 bits per heavy atom. The Hall–Kier alpha value is -2.04. The van der Waals surface area contributed by atoms with Crippen molar-refractivity contribution < 1.29 is 14.3 Å². The molecule has 2 rings (SSSR count). The molecular formula is C18H26N2O3. The highest BCUT2D eigenvalue weighted by Crippen LogP contribution is 2.23. The molecule has 1 fully saturated rings. The van der Waals surface area contributed by atoms with Gasteiger partial charge in [-0.25, -0.2) is 0 Å². The largest absolute Gasteiger partial charge is 0.494 e. The molecule has 1 aliphatic carbocycles. The zero-order valence-electron chi connectivity index (χ0n) is 13.9. The van der Waals surface area contributed by atoms with Crippen molar-refractivity contribution in [3.8, 4) is 5.75 Å². The highest BCUT2D eigenvalue weighted by atomic mass is 16.5. The number of benzene rings is 1. The van der Waals surface area contributed by atoms with Gasteiger partial charge in [-0.05, 0) is 49.4 Å². The van der Waals surface area contributed by atoms with Crippen molar-refractivity contribution >= 4 is 17.5 Å². The molecule has 2 amide bonds. The average molecular weight is 318 g/mol. The van der Waals surface area contributed by atoms with E-state index in [4.69, 9.17) is 4.74 Å². The second-order valence-electron chi connectivity index (χ2n) is 6.17. The van der Waals surface area contributed by atoms with Crippen molar-refractivity contribution in [3.63, 3.8) is 0 Å². The van der Waals surface area contributed by atoms with Crippen LogP contribution in [-0.2, 0) is 9.59 Å². The first kappa shape index (κ1) is 17.3. The van der Waals surface area contributed by atoms with Crippen LogP contribution in [0, 0.1) is 5.92 Å². The number of nitrogens with one attached hydrogen (secondary N) is 2. The fourth-order valence-electron chi connectivity index (χ4n) is 2.81. The zero-order chi connectivity index (χ0) is 16.7. The van der Waals surface area contributed by atoms with Gasteiger partial charge < -0.3 is 15.4 Å². The number of anilines is 1. The molecule has 1 aliphatic rings. The third-order valence-corrected chi connectivity index (χ3v) is 4.22. The quantitative estimate of drug-likeness (QED) is 0.820. The maximum absolute atomic E-state index is 12.0. The molecule has 0 spiro atoms. The summed E-state index contributed by atoms with van der Waals surface area (Å²) >= 11 is 0. The van der Waals surface area contributed by atoms with Gasteiger partial charge in [0.15, 0.2) is 0 Å². The molecule has 126 valence electrons. The summed E-state index contributed by atoms with van der Waals surface area (Å²) in [5, 5.41) is 5.48. The number of ether oxygens (including phenoxy) is 1. The maximum Gasteiger partial charge on any atom is 0.313 e. The van der Waals surface area contributed by atoms with Gasteiger partial charge in [-0.2, -0.15) is 0 Å². The van der Waals surface area contributed by atoms with Crippen LogP contribution >= 0.6 is 0 Å². The van der Waals surface area contributed by atoms with Crippen molar-refractivity contribution in [2.24, 2.45) is 5.92 Å². The van der Waals surface area contributed by atoms with E-state index >= 15 is 0 Å². The number of carbonyl (C=O) groups is 2. The Labute approximate surface area is 137 Å². The fourth-order valence-corrected chi connectivity index (χ4v) is 2.81. The van der Waals surface area contributed by atoms with Crippen LogP contribution in [0.5, 0.6) is 5.75 Å². The van der Waals surface area contributed by atoms with Gasteiger partial charge in [-0.1, -0.05) is 26.7 Å². The van der Waals surface area contributed by atoms with E-state index in [-0.39, 0.29) is 6.04 Å². The second kappa shape index (κ2) is 8.56. The Bertz CT molecular complexity index is 528. The van der Waals surface area contributed by atoms with E-state index in [2.05, 4.69) is 17.6 Å². The average Bonchev–Trinajstić information content (AvgIpc) is 2.56. The molecule has 1 aromatic rings. The molecule has 1 aromatic carbocycles. The molecule has 1 saturated carbocycles. The van der Waals surface area contributed by atoms with Gasteiger partial charge in [-0.15, -0.1) is 0 Å². The normalized spacial score (nSPS) is 20.6. The van der Waals surface area contributed by atoms with E-state index in [0.29, 0.717) is 18.2 Å². The molecule has 0 saturated heterocycles.